The zero-order chi connectivity index (χ0) is 13.7. The topological polar surface area (TPSA) is 23.6 Å². The van der Waals surface area contributed by atoms with E-state index >= 15 is 0 Å². The number of halogens is 2. The minimum Gasteiger partial charge on any atom is -0.337 e. The van der Waals surface area contributed by atoms with Crippen molar-refractivity contribution in [2.24, 2.45) is 0 Å². The molecule has 1 aliphatic rings. The first-order valence-electron chi connectivity index (χ1n) is 6.59. The lowest BCUT2D eigenvalue weighted by Gasteiger charge is -2.21. The third-order valence-corrected chi connectivity index (χ3v) is 4.06. The van der Waals surface area contributed by atoms with Crippen molar-refractivity contribution in [2.45, 2.75) is 6.42 Å². The number of nitrogens with zero attached hydrogens (tertiary/aromatic N) is 2. The molecule has 1 amide bonds. The fourth-order valence-electron chi connectivity index (χ4n) is 2.34. The van der Waals surface area contributed by atoms with E-state index in [4.69, 9.17) is 0 Å². The van der Waals surface area contributed by atoms with Crippen LogP contribution in [-0.2, 0) is 0 Å². The Bertz CT molecular complexity index is 467. The molecule has 1 aliphatic heterocycles. The molecule has 1 aromatic carbocycles. The molecule has 0 aromatic heterocycles. The van der Waals surface area contributed by atoms with Crippen LogP contribution >= 0.6 is 28.3 Å². The maximum absolute atomic E-state index is 12.5. The highest BCUT2D eigenvalue weighted by Crippen LogP contribution is 2.18. The van der Waals surface area contributed by atoms with Gasteiger partial charge < -0.3 is 4.90 Å². The summed E-state index contributed by atoms with van der Waals surface area (Å²) in [4.78, 5) is 16.8. The van der Waals surface area contributed by atoms with Crippen LogP contribution in [0.4, 0.5) is 0 Å². The smallest absolute Gasteiger partial charge is 0.255 e. The van der Waals surface area contributed by atoms with Crippen molar-refractivity contribution < 1.29 is 4.79 Å². The van der Waals surface area contributed by atoms with Crippen LogP contribution in [0.1, 0.15) is 16.8 Å². The Morgan fingerprint density at radius 3 is 2.70 bits per heavy atom. The lowest BCUT2D eigenvalue weighted by molar-refractivity contribution is 0.0761. The van der Waals surface area contributed by atoms with E-state index in [0.29, 0.717) is 0 Å². The maximum atomic E-state index is 12.5. The molecule has 0 N–H and O–H groups in total. The van der Waals surface area contributed by atoms with Crippen molar-refractivity contribution in [3.05, 3.63) is 47.0 Å². The molecule has 3 nitrogen and oxygen atoms in total. The molecule has 110 valence electrons. The minimum absolute atomic E-state index is 0. The van der Waals surface area contributed by atoms with Crippen molar-refractivity contribution in [2.75, 3.05) is 32.7 Å². The Balaban J connectivity index is 0.00000200. The molecule has 20 heavy (non-hydrogen) atoms. The highest BCUT2D eigenvalue weighted by atomic mass is 79.9. The van der Waals surface area contributed by atoms with Crippen LogP contribution < -0.4 is 0 Å². The molecule has 5 heteroatoms. The summed E-state index contributed by atoms with van der Waals surface area (Å²) in [6, 6.07) is 7.61. The molecule has 0 bridgehead atoms. The molecule has 1 heterocycles. The van der Waals surface area contributed by atoms with E-state index in [1.54, 1.807) is 0 Å². The van der Waals surface area contributed by atoms with Crippen LogP contribution in [0.25, 0.3) is 0 Å². The Hall–Kier alpha value is -0.840. The summed E-state index contributed by atoms with van der Waals surface area (Å²) in [5.74, 6) is 0.118. The first-order valence-corrected chi connectivity index (χ1v) is 7.38. The largest absolute Gasteiger partial charge is 0.337 e. The van der Waals surface area contributed by atoms with Crippen molar-refractivity contribution in [1.29, 1.82) is 0 Å². The lowest BCUT2D eigenvalue weighted by Crippen LogP contribution is -2.35. The van der Waals surface area contributed by atoms with Gasteiger partial charge in [-0.2, -0.15) is 0 Å². The van der Waals surface area contributed by atoms with E-state index in [1.165, 1.54) is 0 Å². The van der Waals surface area contributed by atoms with E-state index in [1.807, 2.05) is 35.2 Å². The quantitative estimate of drug-likeness (QED) is 0.774. The summed E-state index contributed by atoms with van der Waals surface area (Å²) in [7, 11) is 0. The average Bonchev–Trinajstić information content (AvgIpc) is 2.65. The summed E-state index contributed by atoms with van der Waals surface area (Å²) < 4.78 is 0.868. The van der Waals surface area contributed by atoms with E-state index in [-0.39, 0.29) is 18.3 Å². The number of rotatable bonds is 3. The fraction of sp³-hybridized carbons (Fsp3) is 0.400. The van der Waals surface area contributed by atoms with Crippen molar-refractivity contribution in [3.8, 4) is 0 Å². The van der Waals surface area contributed by atoms with Gasteiger partial charge in [-0.15, -0.1) is 19.0 Å². The molecule has 0 atom stereocenters. The number of hydrogen-bond acceptors (Lipinski definition) is 2. The summed E-state index contributed by atoms with van der Waals surface area (Å²) in [6.45, 7) is 8.24. The van der Waals surface area contributed by atoms with Gasteiger partial charge in [0.05, 0.1) is 5.56 Å². The van der Waals surface area contributed by atoms with Crippen LogP contribution in [0.5, 0.6) is 0 Å². The summed E-state index contributed by atoms with van der Waals surface area (Å²) >= 11 is 3.45. The first-order chi connectivity index (χ1) is 9.22. The fourth-order valence-corrected chi connectivity index (χ4v) is 2.80. The molecule has 0 radical (unpaired) electrons. The van der Waals surface area contributed by atoms with E-state index < -0.39 is 0 Å². The summed E-state index contributed by atoms with van der Waals surface area (Å²) in [5.41, 5.74) is 0.750. The number of amides is 1. The zero-order valence-corrected chi connectivity index (χ0v) is 13.8. The number of carbonyl (C=O) groups excluding carboxylic acids is 1. The molecule has 0 aliphatic carbocycles. The van der Waals surface area contributed by atoms with Gasteiger partial charge in [0.2, 0.25) is 0 Å². The summed E-state index contributed by atoms with van der Waals surface area (Å²) in [5, 5.41) is 0. The molecule has 0 unspecified atom stereocenters. The van der Waals surface area contributed by atoms with Crippen LogP contribution in [0.2, 0.25) is 0 Å². The molecule has 1 saturated heterocycles. The Morgan fingerprint density at radius 2 is 2.00 bits per heavy atom. The second-order valence-corrected chi connectivity index (χ2v) is 5.57. The SMILES string of the molecule is C=CCN1CCCN(C(=O)c2ccccc2Br)CC1.Cl. The van der Waals surface area contributed by atoms with Crippen LogP contribution in [0, 0.1) is 0 Å². The number of hydrogen-bond donors (Lipinski definition) is 0. The predicted molar refractivity (Wildman–Crippen MR) is 88.5 cm³/mol. The van der Waals surface area contributed by atoms with Gasteiger partial charge in [-0.05, 0) is 34.5 Å². The highest BCUT2D eigenvalue weighted by Gasteiger charge is 2.20. The Kier molecular flexibility index (Phi) is 7.27. The number of benzene rings is 1. The van der Waals surface area contributed by atoms with Crippen LogP contribution in [0.3, 0.4) is 0 Å². The average molecular weight is 360 g/mol. The molecule has 0 spiro atoms. The van der Waals surface area contributed by atoms with Gasteiger partial charge in [0.1, 0.15) is 0 Å². The zero-order valence-electron chi connectivity index (χ0n) is 11.4. The van der Waals surface area contributed by atoms with Gasteiger partial charge in [-0.1, -0.05) is 18.2 Å². The van der Waals surface area contributed by atoms with Crippen molar-refractivity contribution in [3.63, 3.8) is 0 Å². The van der Waals surface area contributed by atoms with Gasteiger partial charge in [0, 0.05) is 37.2 Å². The molecule has 1 aromatic rings. The van der Waals surface area contributed by atoms with Crippen LogP contribution in [0.15, 0.2) is 41.4 Å². The third-order valence-electron chi connectivity index (χ3n) is 3.37. The van der Waals surface area contributed by atoms with E-state index in [9.17, 15) is 4.79 Å². The summed E-state index contributed by atoms with van der Waals surface area (Å²) in [6.07, 6.45) is 2.94. The molecule has 1 fully saturated rings. The van der Waals surface area contributed by atoms with Gasteiger partial charge in [0.25, 0.3) is 5.91 Å². The second-order valence-electron chi connectivity index (χ2n) is 4.71. The monoisotopic (exact) mass is 358 g/mol. The molecule has 2 rings (SSSR count). The van der Waals surface area contributed by atoms with Crippen molar-refractivity contribution in [1.82, 2.24) is 9.80 Å². The second kappa shape index (κ2) is 8.45. The van der Waals surface area contributed by atoms with Gasteiger partial charge in [0.15, 0.2) is 0 Å². The van der Waals surface area contributed by atoms with E-state index in [0.717, 1.165) is 49.2 Å². The normalized spacial score (nSPS) is 16.1. The van der Waals surface area contributed by atoms with Gasteiger partial charge >= 0.3 is 0 Å². The van der Waals surface area contributed by atoms with Crippen LogP contribution in [-0.4, -0.2) is 48.4 Å². The first kappa shape index (κ1) is 17.2. The van der Waals surface area contributed by atoms with E-state index in [2.05, 4.69) is 27.4 Å². The van der Waals surface area contributed by atoms with Gasteiger partial charge in [-0.25, -0.2) is 0 Å². The van der Waals surface area contributed by atoms with Crippen molar-refractivity contribution >= 4 is 34.2 Å². The highest BCUT2D eigenvalue weighted by molar-refractivity contribution is 9.10. The maximum Gasteiger partial charge on any atom is 0.255 e. The minimum atomic E-state index is 0. The molecular weight excluding hydrogens is 340 g/mol. The van der Waals surface area contributed by atoms with Gasteiger partial charge in [-0.3, -0.25) is 9.69 Å². The molecular formula is C15H20BrClN2O. The third kappa shape index (κ3) is 4.33. The Morgan fingerprint density at radius 1 is 1.25 bits per heavy atom. The Labute approximate surface area is 135 Å². The predicted octanol–water partition coefficient (Wildman–Crippen LogP) is 3.20. The standard InChI is InChI=1S/C15H19BrN2O.ClH/c1-2-8-17-9-5-10-18(12-11-17)15(19)13-6-3-4-7-14(13)16;/h2-4,6-7H,1,5,8-12H2;1H. The lowest BCUT2D eigenvalue weighted by atomic mass is 10.2. The molecule has 0 saturated carbocycles. The number of carbonyl (C=O) groups is 1.